The number of hydrogen-bond acceptors (Lipinski definition) is 5. The van der Waals surface area contributed by atoms with Crippen LogP contribution in [0.25, 0.3) is 11.4 Å². The highest BCUT2D eigenvalue weighted by Gasteiger charge is 2.35. The summed E-state index contributed by atoms with van der Waals surface area (Å²) in [7, 11) is 0. The molecule has 2 aromatic heterocycles. The van der Waals surface area contributed by atoms with Gasteiger partial charge >= 0.3 is 0 Å². The Hall–Kier alpha value is -3.03. The van der Waals surface area contributed by atoms with Crippen molar-refractivity contribution in [1.82, 2.24) is 15.0 Å². The van der Waals surface area contributed by atoms with Gasteiger partial charge in [0.25, 0.3) is 5.91 Å². The van der Waals surface area contributed by atoms with Crippen molar-refractivity contribution >= 4 is 5.91 Å². The normalized spacial score (nSPS) is 17.2. The maximum Gasteiger partial charge on any atom is 0.257 e. The molecule has 1 atom stereocenters. The van der Waals surface area contributed by atoms with E-state index in [1.807, 2.05) is 0 Å². The predicted octanol–water partition coefficient (Wildman–Crippen LogP) is 3.59. The molecule has 0 N–H and O–H groups in total. The minimum atomic E-state index is -0.773. The summed E-state index contributed by atoms with van der Waals surface area (Å²) in [5, 5.41) is 3.77. The number of rotatable bonds is 3. The fraction of sp³-hybridized carbons (Fsp3) is 0.235. The first kappa shape index (κ1) is 15.5. The van der Waals surface area contributed by atoms with E-state index in [2.05, 4.69) is 10.1 Å². The van der Waals surface area contributed by atoms with Gasteiger partial charge in [0.2, 0.25) is 11.7 Å². The molecule has 8 heteroatoms. The van der Waals surface area contributed by atoms with Crippen LogP contribution in [0.4, 0.5) is 8.78 Å². The Labute approximate surface area is 141 Å². The van der Waals surface area contributed by atoms with Crippen LogP contribution in [0.3, 0.4) is 0 Å². The monoisotopic (exact) mass is 345 g/mol. The van der Waals surface area contributed by atoms with Gasteiger partial charge in [0.05, 0.1) is 17.4 Å². The second-order valence-corrected chi connectivity index (χ2v) is 5.75. The summed E-state index contributed by atoms with van der Waals surface area (Å²) in [6, 6.07) is 4.34. The van der Waals surface area contributed by atoms with E-state index >= 15 is 0 Å². The zero-order valence-electron chi connectivity index (χ0n) is 13.0. The van der Waals surface area contributed by atoms with Crippen LogP contribution in [0.2, 0.25) is 0 Å². The van der Waals surface area contributed by atoms with Crippen LogP contribution in [0.5, 0.6) is 0 Å². The number of carbonyl (C=O) groups is 1. The molecule has 3 heterocycles. The average molecular weight is 345 g/mol. The third kappa shape index (κ3) is 2.79. The maximum atomic E-state index is 13.9. The van der Waals surface area contributed by atoms with E-state index in [9.17, 15) is 13.6 Å². The van der Waals surface area contributed by atoms with Crippen LogP contribution < -0.4 is 0 Å². The van der Waals surface area contributed by atoms with Crippen LogP contribution in [0.1, 0.15) is 35.1 Å². The summed E-state index contributed by atoms with van der Waals surface area (Å²) in [5.41, 5.74) is 0.485. The Morgan fingerprint density at radius 2 is 2.16 bits per heavy atom. The van der Waals surface area contributed by atoms with E-state index in [1.54, 1.807) is 11.0 Å². The minimum Gasteiger partial charge on any atom is -0.472 e. The number of hydrogen-bond donors (Lipinski definition) is 0. The first-order valence-corrected chi connectivity index (χ1v) is 7.75. The van der Waals surface area contributed by atoms with Gasteiger partial charge in [0.15, 0.2) is 0 Å². The highest BCUT2D eigenvalue weighted by molar-refractivity contribution is 5.94. The highest BCUT2D eigenvalue weighted by Crippen LogP contribution is 2.33. The number of benzene rings is 1. The van der Waals surface area contributed by atoms with Crippen LogP contribution in [-0.4, -0.2) is 27.5 Å². The predicted molar refractivity (Wildman–Crippen MR) is 81.4 cm³/mol. The zero-order chi connectivity index (χ0) is 17.4. The molecular weight excluding hydrogens is 332 g/mol. The molecule has 25 heavy (non-hydrogen) atoms. The molecule has 128 valence electrons. The molecule has 1 aliphatic heterocycles. The van der Waals surface area contributed by atoms with Crippen molar-refractivity contribution in [3.05, 3.63) is 59.9 Å². The van der Waals surface area contributed by atoms with Gasteiger partial charge in [-0.3, -0.25) is 4.79 Å². The number of nitrogens with zero attached hydrogens (tertiary/aromatic N) is 3. The van der Waals surface area contributed by atoms with E-state index in [0.29, 0.717) is 18.5 Å². The lowest BCUT2D eigenvalue weighted by Crippen LogP contribution is -2.30. The Balaban J connectivity index is 1.62. The smallest absolute Gasteiger partial charge is 0.257 e. The molecule has 1 unspecified atom stereocenters. The molecule has 0 radical (unpaired) electrons. The Morgan fingerprint density at radius 3 is 2.92 bits per heavy atom. The number of halogens is 2. The number of aromatic nitrogens is 2. The summed E-state index contributed by atoms with van der Waals surface area (Å²) < 4.78 is 37.1. The lowest BCUT2D eigenvalue weighted by molar-refractivity contribution is 0.0709. The van der Waals surface area contributed by atoms with Crippen LogP contribution in [0, 0.1) is 11.6 Å². The summed E-state index contributed by atoms with van der Waals surface area (Å²) in [5.74, 6) is -1.39. The Bertz CT molecular complexity index is 908. The minimum absolute atomic E-state index is 0.0233. The molecule has 4 rings (SSSR count). The summed E-state index contributed by atoms with van der Waals surface area (Å²) in [4.78, 5) is 18.4. The Kier molecular flexibility index (Phi) is 3.79. The van der Waals surface area contributed by atoms with Gasteiger partial charge in [0.1, 0.15) is 23.9 Å². The lowest BCUT2D eigenvalue weighted by Gasteiger charge is -2.20. The van der Waals surface area contributed by atoms with Crippen LogP contribution >= 0.6 is 0 Å². The van der Waals surface area contributed by atoms with Gasteiger partial charge in [-0.05, 0) is 31.0 Å². The van der Waals surface area contributed by atoms with Gasteiger partial charge < -0.3 is 13.8 Å². The van der Waals surface area contributed by atoms with Crippen molar-refractivity contribution in [2.75, 3.05) is 6.54 Å². The number of furan rings is 1. The molecule has 0 aliphatic carbocycles. The SMILES string of the molecule is O=C(c1ccoc1)N1CCCC1c1nc(-c2ccc(F)cc2F)no1. The number of carbonyl (C=O) groups excluding carboxylic acids is 1. The lowest BCUT2D eigenvalue weighted by atomic mass is 10.2. The van der Waals surface area contributed by atoms with E-state index in [1.165, 1.54) is 18.6 Å². The van der Waals surface area contributed by atoms with Crippen molar-refractivity contribution < 1.29 is 22.5 Å². The Morgan fingerprint density at radius 1 is 1.28 bits per heavy atom. The molecule has 1 aliphatic rings. The van der Waals surface area contributed by atoms with Gasteiger partial charge in [-0.25, -0.2) is 8.78 Å². The molecule has 0 spiro atoms. The van der Waals surface area contributed by atoms with E-state index in [-0.39, 0.29) is 29.2 Å². The second kappa shape index (κ2) is 6.12. The third-order valence-electron chi connectivity index (χ3n) is 4.18. The van der Waals surface area contributed by atoms with Gasteiger partial charge in [-0.2, -0.15) is 4.98 Å². The van der Waals surface area contributed by atoms with Crippen LogP contribution in [-0.2, 0) is 0 Å². The first-order chi connectivity index (χ1) is 12.1. The summed E-state index contributed by atoms with van der Waals surface area (Å²) >= 11 is 0. The van der Waals surface area contributed by atoms with Crippen molar-refractivity contribution in [2.45, 2.75) is 18.9 Å². The molecule has 3 aromatic rings. The van der Waals surface area contributed by atoms with E-state index in [4.69, 9.17) is 8.94 Å². The number of amides is 1. The van der Waals surface area contributed by atoms with Gasteiger partial charge in [-0.15, -0.1) is 0 Å². The van der Waals surface area contributed by atoms with E-state index < -0.39 is 11.6 Å². The average Bonchev–Trinajstić information content (AvgIpc) is 3.34. The molecule has 1 amide bonds. The highest BCUT2D eigenvalue weighted by atomic mass is 19.1. The molecule has 1 saturated heterocycles. The summed E-state index contributed by atoms with van der Waals surface area (Å²) in [6.07, 6.45) is 4.26. The maximum absolute atomic E-state index is 13.9. The quantitative estimate of drug-likeness (QED) is 0.725. The van der Waals surface area contributed by atoms with Crippen molar-refractivity contribution in [2.24, 2.45) is 0 Å². The van der Waals surface area contributed by atoms with Crippen LogP contribution in [0.15, 0.2) is 45.7 Å². The molecule has 6 nitrogen and oxygen atoms in total. The van der Waals surface area contributed by atoms with Crippen molar-refractivity contribution in [1.29, 1.82) is 0 Å². The standard InChI is InChI=1S/C17H13F2N3O3/c18-11-3-4-12(13(19)8-11)15-20-16(25-21-15)14-2-1-6-22(14)17(23)10-5-7-24-9-10/h3-5,7-9,14H,1-2,6H2. The fourth-order valence-electron chi connectivity index (χ4n) is 2.97. The summed E-state index contributed by atoms with van der Waals surface area (Å²) in [6.45, 7) is 0.553. The number of likely N-dealkylation sites (tertiary alicyclic amines) is 1. The van der Waals surface area contributed by atoms with Gasteiger partial charge in [0, 0.05) is 12.6 Å². The topological polar surface area (TPSA) is 72.4 Å². The largest absolute Gasteiger partial charge is 0.472 e. The molecule has 0 saturated carbocycles. The fourth-order valence-corrected chi connectivity index (χ4v) is 2.97. The van der Waals surface area contributed by atoms with Crippen molar-refractivity contribution in [3.63, 3.8) is 0 Å². The second-order valence-electron chi connectivity index (χ2n) is 5.75. The molecule has 0 bridgehead atoms. The molecule has 1 aromatic carbocycles. The van der Waals surface area contributed by atoms with E-state index in [0.717, 1.165) is 18.6 Å². The molecular formula is C17H13F2N3O3. The third-order valence-corrected chi connectivity index (χ3v) is 4.18. The van der Waals surface area contributed by atoms with Crippen molar-refractivity contribution in [3.8, 4) is 11.4 Å². The first-order valence-electron chi connectivity index (χ1n) is 7.75. The molecule has 1 fully saturated rings. The van der Waals surface area contributed by atoms with Gasteiger partial charge in [-0.1, -0.05) is 5.16 Å². The zero-order valence-corrected chi connectivity index (χ0v) is 13.0.